The standard InChI is InChI=1S/C5H3ClN2O2.C2H6.CH4/c6-5-2-1-4(3-7-5)8(9)10;1-2;/h1-3H;1-2H3;1H4. The molecule has 0 N–H and O–H groups in total. The number of nitrogens with zero attached hydrogens (tertiary/aromatic N) is 2. The van der Waals surface area contributed by atoms with E-state index in [4.69, 9.17) is 11.6 Å². The van der Waals surface area contributed by atoms with Crippen LogP contribution >= 0.6 is 11.6 Å². The van der Waals surface area contributed by atoms with E-state index in [0.29, 0.717) is 0 Å². The summed E-state index contributed by atoms with van der Waals surface area (Å²) in [5.41, 5.74) is -0.0515. The van der Waals surface area contributed by atoms with Gasteiger partial charge in [-0.05, 0) is 6.07 Å². The minimum absolute atomic E-state index is 0. The van der Waals surface area contributed by atoms with Gasteiger partial charge in [0.25, 0.3) is 5.69 Å². The van der Waals surface area contributed by atoms with Gasteiger partial charge in [0.15, 0.2) is 0 Å². The molecule has 5 heteroatoms. The molecule has 1 aromatic rings. The Kier molecular flexibility index (Phi) is 8.28. The van der Waals surface area contributed by atoms with Crippen molar-refractivity contribution in [3.05, 3.63) is 33.6 Å². The van der Waals surface area contributed by atoms with Crippen molar-refractivity contribution in [1.82, 2.24) is 4.98 Å². The van der Waals surface area contributed by atoms with Gasteiger partial charge in [-0.2, -0.15) is 0 Å². The van der Waals surface area contributed by atoms with Crippen LogP contribution in [0.2, 0.25) is 5.15 Å². The number of nitro groups is 1. The van der Waals surface area contributed by atoms with E-state index in [0.717, 1.165) is 6.20 Å². The second kappa shape index (κ2) is 7.49. The molecule has 0 saturated heterocycles. The smallest absolute Gasteiger partial charge is 0.258 e. The molecule has 0 radical (unpaired) electrons. The molecular formula is C8H13ClN2O2. The summed E-state index contributed by atoms with van der Waals surface area (Å²) in [6.45, 7) is 4.00. The molecule has 13 heavy (non-hydrogen) atoms. The predicted octanol–water partition coefficient (Wildman–Crippen LogP) is 3.31. The summed E-state index contributed by atoms with van der Waals surface area (Å²) in [6.07, 6.45) is 1.11. The van der Waals surface area contributed by atoms with Crippen molar-refractivity contribution in [2.45, 2.75) is 21.3 Å². The summed E-state index contributed by atoms with van der Waals surface area (Å²) in [6, 6.07) is 2.68. The first-order chi connectivity index (χ1) is 5.70. The fraction of sp³-hybridized carbons (Fsp3) is 0.375. The quantitative estimate of drug-likeness (QED) is 0.401. The molecule has 0 aliphatic carbocycles. The van der Waals surface area contributed by atoms with E-state index in [-0.39, 0.29) is 18.3 Å². The summed E-state index contributed by atoms with van der Waals surface area (Å²) in [4.78, 5) is 13.0. The van der Waals surface area contributed by atoms with Crippen LogP contribution in [-0.4, -0.2) is 9.91 Å². The van der Waals surface area contributed by atoms with Crippen LogP contribution in [0.15, 0.2) is 18.3 Å². The van der Waals surface area contributed by atoms with Gasteiger partial charge in [0, 0.05) is 6.07 Å². The second-order valence-electron chi connectivity index (χ2n) is 1.60. The van der Waals surface area contributed by atoms with Gasteiger partial charge in [-0.15, -0.1) is 0 Å². The Labute approximate surface area is 82.7 Å². The molecule has 0 bridgehead atoms. The molecule has 0 aliphatic rings. The lowest BCUT2D eigenvalue weighted by atomic mass is 10.4. The number of halogens is 1. The molecule has 74 valence electrons. The van der Waals surface area contributed by atoms with Crippen LogP contribution in [0, 0.1) is 10.1 Å². The Bertz CT molecular complexity index is 249. The first kappa shape index (κ1) is 14.4. The normalized spacial score (nSPS) is 7.62. The summed E-state index contributed by atoms with van der Waals surface area (Å²) < 4.78 is 0. The van der Waals surface area contributed by atoms with E-state index < -0.39 is 4.92 Å². The van der Waals surface area contributed by atoms with E-state index in [1.165, 1.54) is 12.1 Å². The molecule has 1 heterocycles. The molecule has 0 saturated carbocycles. The second-order valence-corrected chi connectivity index (χ2v) is 1.98. The highest BCUT2D eigenvalue weighted by Crippen LogP contribution is 2.10. The van der Waals surface area contributed by atoms with Crippen molar-refractivity contribution in [1.29, 1.82) is 0 Å². The first-order valence-electron chi connectivity index (χ1n) is 3.46. The third kappa shape index (κ3) is 5.14. The lowest BCUT2D eigenvalue weighted by Crippen LogP contribution is -1.87. The Balaban J connectivity index is 0. The van der Waals surface area contributed by atoms with Crippen LogP contribution < -0.4 is 0 Å². The fourth-order valence-corrected chi connectivity index (χ4v) is 0.588. The summed E-state index contributed by atoms with van der Waals surface area (Å²) in [7, 11) is 0. The minimum atomic E-state index is -0.524. The average Bonchev–Trinajstić information content (AvgIpc) is 2.09. The molecule has 1 rings (SSSR count). The van der Waals surface area contributed by atoms with Gasteiger partial charge in [0.1, 0.15) is 11.3 Å². The van der Waals surface area contributed by atoms with Gasteiger partial charge in [-0.25, -0.2) is 4.98 Å². The maximum atomic E-state index is 10.0. The number of hydrogen-bond acceptors (Lipinski definition) is 3. The zero-order valence-electron chi connectivity index (χ0n) is 6.82. The van der Waals surface area contributed by atoms with Crippen molar-refractivity contribution >= 4 is 17.3 Å². The molecule has 1 aromatic heterocycles. The van der Waals surface area contributed by atoms with Gasteiger partial charge in [0.05, 0.1) is 4.92 Å². The molecule has 0 aliphatic heterocycles. The summed E-state index contributed by atoms with van der Waals surface area (Å²) in [5, 5.41) is 10.3. The average molecular weight is 205 g/mol. The molecule has 0 aromatic carbocycles. The van der Waals surface area contributed by atoms with E-state index >= 15 is 0 Å². The van der Waals surface area contributed by atoms with E-state index in [1.807, 2.05) is 13.8 Å². The largest absolute Gasteiger partial charge is 0.287 e. The summed E-state index contributed by atoms with van der Waals surface area (Å²) >= 11 is 5.38. The van der Waals surface area contributed by atoms with E-state index in [2.05, 4.69) is 4.98 Å². The van der Waals surface area contributed by atoms with Gasteiger partial charge < -0.3 is 0 Å². The van der Waals surface area contributed by atoms with Crippen molar-refractivity contribution in [2.24, 2.45) is 0 Å². The zero-order chi connectivity index (χ0) is 9.56. The third-order valence-electron chi connectivity index (χ3n) is 0.923. The molecule has 0 atom stereocenters. The topological polar surface area (TPSA) is 56.0 Å². The maximum Gasteiger partial charge on any atom is 0.287 e. The number of hydrogen-bond donors (Lipinski definition) is 0. The number of aromatic nitrogens is 1. The molecule has 4 nitrogen and oxygen atoms in total. The first-order valence-corrected chi connectivity index (χ1v) is 3.84. The van der Waals surface area contributed by atoms with Crippen LogP contribution in [0.5, 0.6) is 0 Å². The Hall–Kier alpha value is -1.16. The Morgan fingerprint density at radius 2 is 2.00 bits per heavy atom. The molecule has 0 amide bonds. The summed E-state index contributed by atoms with van der Waals surface area (Å²) in [5.74, 6) is 0. The van der Waals surface area contributed by atoms with Gasteiger partial charge in [-0.1, -0.05) is 32.9 Å². The highest BCUT2D eigenvalue weighted by molar-refractivity contribution is 6.29. The monoisotopic (exact) mass is 204 g/mol. The Morgan fingerprint density at radius 1 is 1.46 bits per heavy atom. The lowest BCUT2D eigenvalue weighted by Gasteiger charge is -1.88. The zero-order valence-corrected chi connectivity index (χ0v) is 7.58. The van der Waals surface area contributed by atoms with Gasteiger partial charge in [0.2, 0.25) is 0 Å². The molecule has 0 unspecified atom stereocenters. The predicted molar refractivity (Wildman–Crippen MR) is 54.0 cm³/mol. The molecule has 0 fully saturated rings. The van der Waals surface area contributed by atoms with Crippen LogP contribution in [0.1, 0.15) is 21.3 Å². The maximum absolute atomic E-state index is 10.0. The fourth-order valence-electron chi connectivity index (χ4n) is 0.476. The van der Waals surface area contributed by atoms with E-state index in [9.17, 15) is 10.1 Å². The lowest BCUT2D eigenvalue weighted by molar-refractivity contribution is -0.385. The SMILES string of the molecule is C.CC.O=[N+]([O-])c1ccc(Cl)nc1. The van der Waals surface area contributed by atoms with Crippen molar-refractivity contribution < 1.29 is 4.92 Å². The number of pyridine rings is 1. The molecule has 0 spiro atoms. The minimum Gasteiger partial charge on any atom is -0.258 e. The molecular weight excluding hydrogens is 192 g/mol. The van der Waals surface area contributed by atoms with Crippen LogP contribution in [0.4, 0.5) is 5.69 Å². The van der Waals surface area contributed by atoms with Crippen LogP contribution in [0.3, 0.4) is 0 Å². The van der Waals surface area contributed by atoms with Crippen LogP contribution in [0.25, 0.3) is 0 Å². The van der Waals surface area contributed by atoms with Crippen LogP contribution in [-0.2, 0) is 0 Å². The van der Waals surface area contributed by atoms with E-state index in [1.54, 1.807) is 0 Å². The number of rotatable bonds is 1. The van der Waals surface area contributed by atoms with Crippen molar-refractivity contribution in [3.63, 3.8) is 0 Å². The highest BCUT2D eigenvalue weighted by Gasteiger charge is 2.02. The van der Waals surface area contributed by atoms with Crippen molar-refractivity contribution in [2.75, 3.05) is 0 Å². The van der Waals surface area contributed by atoms with Gasteiger partial charge >= 0.3 is 0 Å². The van der Waals surface area contributed by atoms with Gasteiger partial charge in [-0.3, -0.25) is 10.1 Å². The Morgan fingerprint density at radius 3 is 2.31 bits per heavy atom. The highest BCUT2D eigenvalue weighted by atomic mass is 35.5. The third-order valence-corrected chi connectivity index (χ3v) is 1.15. The van der Waals surface area contributed by atoms with Crippen molar-refractivity contribution in [3.8, 4) is 0 Å².